The zero-order valence-corrected chi connectivity index (χ0v) is 8.82. The van der Waals surface area contributed by atoms with Gasteiger partial charge in [0.05, 0.1) is 5.69 Å². The van der Waals surface area contributed by atoms with Crippen molar-refractivity contribution in [2.75, 3.05) is 7.11 Å². The molecule has 0 N–H and O–H groups in total. The second-order valence-electron chi connectivity index (χ2n) is 3.59. The van der Waals surface area contributed by atoms with Crippen molar-refractivity contribution >= 4 is 5.78 Å². The van der Waals surface area contributed by atoms with E-state index in [2.05, 4.69) is 0 Å². The van der Waals surface area contributed by atoms with Gasteiger partial charge in [-0.05, 0) is 18.9 Å². The van der Waals surface area contributed by atoms with Crippen molar-refractivity contribution in [3.05, 3.63) is 33.2 Å². The molecule has 1 aliphatic carbocycles. The summed E-state index contributed by atoms with van der Waals surface area (Å²) in [6.07, 6.45) is 1.79. The topological polar surface area (TPSA) is 72.1 Å². The molecule has 0 saturated carbocycles. The van der Waals surface area contributed by atoms with Crippen molar-refractivity contribution in [3.8, 4) is 6.07 Å². The first-order valence-corrected chi connectivity index (χ1v) is 4.95. The summed E-state index contributed by atoms with van der Waals surface area (Å²) in [7, 11) is 1.35. The van der Waals surface area contributed by atoms with Gasteiger partial charge in [-0.15, -0.1) is 4.73 Å². The van der Waals surface area contributed by atoms with Crippen LogP contribution in [0.15, 0.2) is 10.9 Å². The summed E-state index contributed by atoms with van der Waals surface area (Å²) >= 11 is 0. The minimum absolute atomic E-state index is 0.0384. The molecule has 0 unspecified atom stereocenters. The number of carbonyl (C=O) groups excluding carboxylic acids is 1. The highest BCUT2D eigenvalue weighted by Gasteiger charge is 2.23. The van der Waals surface area contributed by atoms with Crippen LogP contribution >= 0.6 is 0 Å². The van der Waals surface area contributed by atoms with Crippen LogP contribution < -0.4 is 10.4 Å². The molecule has 0 bridgehead atoms. The molecule has 0 spiro atoms. The maximum Gasteiger partial charge on any atom is 0.301 e. The highest BCUT2D eigenvalue weighted by molar-refractivity contribution is 5.98. The van der Waals surface area contributed by atoms with Gasteiger partial charge in [-0.25, -0.2) is 0 Å². The Morgan fingerprint density at radius 3 is 2.81 bits per heavy atom. The largest absolute Gasteiger partial charge is 0.414 e. The van der Waals surface area contributed by atoms with Crippen molar-refractivity contribution in [3.63, 3.8) is 0 Å². The third kappa shape index (κ3) is 1.39. The van der Waals surface area contributed by atoms with Gasteiger partial charge in [0, 0.05) is 12.0 Å². The van der Waals surface area contributed by atoms with Gasteiger partial charge >= 0.3 is 5.56 Å². The number of pyridine rings is 1. The molecule has 0 aliphatic heterocycles. The van der Waals surface area contributed by atoms with Crippen LogP contribution in [0, 0.1) is 11.3 Å². The smallest absolute Gasteiger partial charge is 0.301 e. The first-order valence-electron chi connectivity index (χ1n) is 4.95. The quantitative estimate of drug-likeness (QED) is 0.679. The fraction of sp³-hybridized carbons (Fsp3) is 0.364. The number of hydrogen-bond donors (Lipinski definition) is 0. The summed E-state index contributed by atoms with van der Waals surface area (Å²) < 4.78 is 1.05. The van der Waals surface area contributed by atoms with Gasteiger partial charge < -0.3 is 4.84 Å². The minimum atomic E-state index is -0.501. The third-order valence-corrected chi connectivity index (χ3v) is 2.68. The van der Waals surface area contributed by atoms with Gasteiger partial charge in [0.2, 0.25) is 0 Å². The Labute approximate surface area is 91.8 Å². The molecular weight excluding hydrogens is 208 g/mol. The Morgan fingerprint density at radius 2 is 2.19 bits per heavy atom. The van der Waals surface area contributed by atoms with Gasteiger partial charge in [0.1, 0.15) is 18.7 Å². The van der Waals surface area contributed by atoms with Crippen molar-refractivity contribution < 1.29 is 9.63 Å². The molecule has 0 saturated heterocycles. The summed E-state index contributed by atoms with van der Waals surface area (Å²) in [5.74, 6) is -0.0384. The van der Waals surface area contributed by atoms with E-state index in [1.165, 1.54) is 13.2 Å². The first kappa shape index (κ1) is 10.4. The number of rotatable bonds is 1. The van der Waals surface area contributed by atoms with Gasteiger partial charge in [0.25, 0.3) is 0 Å². The van der Waals surface area contributed by atoms with E-state index in [-0.39, 0.29) is 11.3 Å². The Hall–Kier alpha value is -2.09. The lowest BCUT2D eigenvalue weighted by molar-refractivity contribution is 0.0952. The number of Topliss-reactive ketones (excluding diaryl/α,β-unsaturated/α-hetero) is 1. The molecule has 5 nitrogen and oxygen atoms in total. The van der Waals surface area contributed by atoms with Crippen LogP contribution in [0.2, 0.25) is 0 Å². The summed E-state index contributed by atoms with van der Waals surface area (Å²) in [6.45, 7) is 0. The van der Waals surface area contributed by atoms with Crippen molar-refractivity contribution in [1.29, 1.82) is 5.26 Å². The normalized spacial score (nSPS) is 14.1. The summed E-state index contributed by atoms with van der Waals surface area (Å²) in [6, 6.07) is 3.14. The molecule has 0 aromatic carbocycles. The number of ketones is 1. The molecule has 1 aliphatic rings. The SMILES string of the molecule is COn1c2c(cc(C#N)c1=O)C(=O)CCC2. The molecule has 1 aromatic heterocycles. The van der Waals surface area contributed by atoms with E-state index < -0.39 is 5.56 Å². The van der Waals surface area contributed by atoms with Gasteiger partial charge in [-0.3, -0.25) is 9.59 Å². The lowest BCUT2D eigenvalue weighted by Crippen LogP contribution is -2.33. The first-order chi connectivity index (χ1) is 7.69. The predicted octanol–water partition coefficient (Wildman–Crippen LogP) is 0.297. The average Bonchev–Trinajstić information content (AvgIpc) is 2.29. The molecule has 16 heavy (non-hydrogen) atoms. The molecule has 0 atom stereocenters. The Kier molecular flexibility index (Phi) is 2.49. The summed E-state index contributed by atoms with van der Waals surface area (Å²) in [4.78, 5) is 28.3. The van der Waals surface area contributed by atoms with E-state index in [1.54, 1.807) is 6.07 Å². The predicted molar refractivity (Wildman–Crippen MR) is 55.2 cm³/mol. The Bertz CT molecular complexity index is 552. The van der Waals surface area contributed by atoms with E-state index in [9.17, 15) is 9.59 Å². The number of nitriles is 1. The average molecular weight is 218 g/mol. The molecular formula is C11H10N2O3. The number of aromatic nitrogens is 1. The number of nitrogens with zero attached hydrogens (tertiary/aromatic N) is 2. The zero-order chi connectivity index (χ0) is 11.7. The van der Waals surface area contributed by atoms with Crippen LogP contribution in [0.5, 0.6) is 0 Å². The van der Waals surface area contributed by atoms with Gasteiger partial charge in [-0.2, -0.15) is 5.26 Å². The van der Waals surface area contributed by atoms with Crippen LogP contribution in [0.1, 0.15) is 34.5 Å². The van der Waals surface area contributed by atoms with Crippen LogP contribution in [0.4, 0.5) is 0 Å². The molecule has 5 heteroatoms. The van der Waals surface area contributed by atoms with Crippen LogP contribution in [0.3, 0.4) is 0 Å². The van der Waals surface area contributed by atoms with Gasteiger partial charge in [-0.1, -0.05) is 0 Å². The van der Waals surface area contributed by atoms with E-state index in [4.69, 9.17) is 10.1 Å². The lowest BCUT2D eigenvalue weighted by Gasteiger charge is -2.18. The molecule has 82 valence electrons. The van der Waals surface area contributed by atoms with E-state index in [0.717, 1.165) is 4.73 Å². The Balaban J connectivity index is 2.79. The van der Waals surface area contributed by atoms with E-state index >= 15 is 0 Å². The van der Waals surface area contributed by atoms with Crippen LogP contribution in [0.25, 0.3) is 0 Å². The number of carbonyl (C=O) groups is 1. The third-order valence-electron chi connectivity index (χ3n) is 2.68. The summed E-state index contributed by atoms with van der Waals surface area (Å²) in [5.41, 5.74) is 0.446. The van der Waals surface area contributed by atoms with E-state index in [0.29, 0.717) is 30.5 Å². The summed E-state index contributed by atoms with van der Waals surface area (Å²) in [5, 5.41) is 8.80. The molecule has 2 rings (SSSR count). The Morgan fingerprint density at radius 1 is 1.44 bits per heavy atom. The van der Waals surface area contributed by atoms with Crippen molar-refractivity contribution in [2.45, 2.75) is 19.3 Å². The fourth-order valence-corrected chi connectivity index (χ4v) is 1.93. The molecule has 0 amide bonds. The van der Waals surface area contributed by atoms with Crippen molar-refractivity contribution in [2.24, 2.45) is 0 Å². The molecule has 1 heterocycles. The van der Waals surface area contributed by atoms with E-state index in [1.807, 2.05) is 0 Å². The number of hydrogen-bond acceptors (Lipinski definition) is 4. The van der Waals surface area contributed by atoms with Crippen LogP contribution in [-0.4, -0.2) is 17.6 Å². The van der Waals surface area contributed by atoms with Gasteiger partial charge in [0.15, 0.2) is 5.78 Å². The second-order valence-corrected chi connectivity index (χ2v) is 3.59. The standard InChI is InChI=1S/C11H10N2O3/c1-16-13-9-3-2-4-10(14)8(9)5-7(6-12)11(13)15/h5H,2-4H2,1H3. The monoisotopic (exact) mass is 218 g/mol. The number of fused-ring (bicyclic) bond motifs is 1. The maximum absolute atomic E-state index is 11.7. The van der Waals surface area contributed by atoms with Crippen LogP contribution in [-0.2, 0) is 6.42 Å². The fourth-order valence-electron chi connectivity index (χ4n) is 1.93. The zero-order valence-electron chi connectivity index (χ0n) is 8.82. The van der Waals surface area contributed by atoms with Crippen molar-refractivity contribution in [1.82, 2.24) is 4.73 Å². The second kappa shape index (κ2) is 3.81. The molecule has 0 radical (unpaired) electrons. The molecule has 1 aromatic rings. The highest BCUT2D eigenvalue weighted by Crippen LogP contribution is 2.20. The lowest BCUT2D eigenvalue weighted by atomic mass is 9.94. The molecule has 0 fully saturated rings. The highest BCUT2D eigenvalue weighted by atomic mass is 16.6. The minimum Gasteiger partial charge on any atom is -0.414 e. The maximum atomic E-state index is 11.7.